The van der Waals surface area contributed by atoms with Gasteiger partial charge in [0.15, 0.2) is 11.2 Å². The second-order valence-electron chi connectivity index (χ2n) is 3.72. The Kier molecular flexibility index (Phi) is 3.29. The van der Waals surface area contributed by atoms with E-state index < -0.39 is 0 Å². The minimum absolute atomic E-state index is 0.0357. The lowest BCUT2D eigenvalue weighted by molar-refractivity contribution is 0.0948. The Balaban J connectivity index is 2.11. The molecule has 16 heavy (non-hydrogen) atoms. The molecule has 0 atom stereocenters. The summed E-state index contributed by atoms with van der Waals surface area (Å²) in [6.07, 6.45) is 5.19. The summed E-state index contributed by atoms with van der Waals surface area (Å²) in [5.41, 5.74) is 1.07. The lowest BCUT2D eigenvalue weighted by Gasteiger charge is -1.94. The first-order valence-electron chi connectivity index (χ1n) is 5.56. The van der Waals surface area contributed by atoms with Crippen LogP contribution in [0.2, 0.25) is 0 Å². The Morgan fingerprint density at radius 3 is 3.06 bits per heavy atom. The van der Waals surface area contributed by atoms with Crippen LogP contribution in [0.5, 0.6) is 0 Å². The van der Waals surface area contributed by atoms with Crippen LogP contribution in [-0.4, -0.2) is 15.8 Å². The molecule has 0 aliphatic rings. The third-order valence-electron chi connectivity index (χ3n) is 2.41. The zero-order valence-electron chi connectivity index (χ0n) is 9.27. The summed E-state index contributed by atoms with van der Waals surface area (Å²) < 4.78 is 5.34. The van der Waals surface area contributed by atoms with Gasteiger partial charge in [0.1, 0.15) is 0 Å². The minimum Gasteiger partial charge on any atom is -0.432 e. The van der Waals surface area contributed by atoms with Crippen molar-refractivity contribution in [2.24, 2.45) is 0 Å². The fourth-order valence-electron chi connectivity index (χ4n) is 1.53. The average Bonchev–Trinajstić information content (AvgIpc) is 2.73. The van der Waals surface area contributed by atoms with Crippen LogP contribution in [0.1, 0.15) is 43.3 Å². The van der Waals surface area contributed by atoms with Crippen molar-refractivity contribution in [1.82, 2.24) is 9.97 Å². The molecule has 2 heterocycles. The van der Waals surface area contributed by atoms with Crippen molar-refractivity contribution in [2.45, 2.75) is 32.6 Å². The van der Waals surface area contributed by atoms with E-state index in [1.165, 1.54) is 0 Å². The Bertz CT molecular complexity index is 457. The molecule has 4 nitrogen and oxygen atoms in total. The van der Waals surface area contributed by atoms with Crippen molar-refractivity contribution in [3.63, 3.8) is 0 Å². The van der Waals surface area contributed by atoms with Crippen molar-refractivity contribution in [3.8, 4) is 0 Å². The number of carbonyl (C=O) groups excluding carboxylic acids is 1. The van der Waals surface area contributed by atoms with Gasteiger partial charge in [-0.1, -0.05) is 19.8 Å². The lowest BCUT2D eigenvalue weighted by Crippen LogP contribution is -1.98. The van der Waals surface area contributed by atoms with Gasteiger partial charge in [0, 0.05) is 12.6 Å². The van der Waals surface area contributed by atoms with Gasteiger partial charge in [-0.05, 0) is 18.6 Å². The normalized spacial score (nSPS) is 10.8. The maximum atomic E-state index is 11.7. The molecule has 0 fully saturated rings. The molecule has 2 aromatic rings. The van der Waals surface area contributed by atoms with Crippen LogP contribution in [0.15, 0.2) is 22.7 Å². The summed E-state index contributed by atoms with van der Waals surface area (Å²) in [5.74, 6) is 0.149. The van der Waals surface area contributed by atoms with Crippen LogP contribution in [0.3, 0.4) is 0 Å². The Morgan fingerprint density at radius 1 is 1.44 bits per heavy atom. The first kappa shape index (κ1) is 10.8. The molecular weight excluding hydrogens is 204 g/mol. The number of unbranched alkanes of at least 4 members (excludes halogenated alkanes) is 2. The van der Waals surface area contributed by atoms with Crippen LogP contribution >= 0.6 is 0 Å². The number of carbonyl (C=O) groups is 1. The molecule has 2 aromatic heterocycles. The van der Waals surface area contributed by atoms with Crippen molar-refractivity contribution in [2.75, 3.05) is 0 Å². The summed E-state index contributed by atoms with van der Waals surface area (Å²) >= 11 is 0. The van der Waals surface area contributed by atoms with Gasteiger partial charge >= 0.3 is 0 Å². The molecule has 0 aromatic carbocycles. The molecule has 0 N–H and O–H groups in total. The summed E-state index contributed by atoms with van der Waals surface area (Å²) in [4.78, 5) is 19.8. The lowest BCUT2D eigenvalue weighted by atomic mass is 10.1. The monoisotopic (exact) mass is 218 g/mol. The Hall–Kier alpha value is -1.71. The Morgan fingerprint density at radius 2 is 2.31 bits per heavy atom. The van der Waals surface area contributed by atoms with Gasteiger partial charge in [-0.15, -0.1) is 0 Å². The smallest absolute Gasteiger partial charge is 0.265 e. The Labute approximate surface area is 93.7 Å². The van der Waals surface area contributed by atoms with Crippen LogP contribution in [-0.2, 0) is 0 Å². The zero-order chi connectivity index (χ0) is 11.4. The van der Waals surface area contributed by atoms with E-state index in [0.717, 1.165) is 19.3 Å². The number of oxazole rings is 1. The molecule has 2 rings (SSSR count). The molecule has 0 aliphatic carbocycles. The van der Waals surface area contributed by atoms with E-state index in [2.05, 4.69) is 16.9 Å². The van der Waals surface area contributed by atoms with E-state index in [9.17, 15) is 4.79 Å². The molecular formula is C12H14N2O2. The number of rotatable bonds is 5. The fourth-order valence-corrected chi connectivity index (χ4v) is 1.53. The number of ketones is 1. The second-order valence-corrected chi connectivity index (χ2v) is 3.72. The van der Waals surface area contributed by atoms with Gasteiger partial charge in [0.25, 0.3) is 5.89 Å². The first-order valence-corrected chi connectivity index (χ1v) is 5.56. The first-order chi connectivity index (χ1) is 7.81. The second kappa shape index (κ2) is 4.88. The number of fused-ring (bicyclic) bond motifs is 1. The van der Waals surface area contributed by atoms with E-state index in [0.29, 0.717) is 17.7 Å². The van der Waals surface area contributed by atoms with Gasteiger partial charge in [-0.25, -0.2) is 4.98 Å². The quantitative estimate of drug-likeness (QED) is 0.571. The SMILES string of the molecule is CCCCCC(=O)c1nc2ncccc2o1. The minimum atomic E-state index is -0.0357. The van der Waals surface area contributed by atoms with Crippen LogP contribution < -0.4 is 0 Å². The molecule has 0 bridgehead atoms. The molecule has 0 spiro atoms. The summed E-state index contributed by atoms with van der Waals surface area (Å²) in [6, 6.07) is 3.52. The van der Waals surface area contributed by atoms with E-state index in [-0.39, 0.29) is 11.7 Å². The van der Waals surface area contributed by atoms with Crippen molar-refractivity contribution < 1.29 is 9.21 Å². The van der Waals surface area contributed by atoms with E-state index in [4.69, 9.17) is 4.42 Å². The molecule has 0 aliphatic heterocycles. The van der Waals surface area contributed by atoms with Crippen LogP contribution in [0.25, 0.3) is 11.2 Å². The average molecular weight is 218 g/mol. The van der Waals surface area contributed by atoms with Gasteiger partial charge in [-0.2, -0.15) is 4.98 Å². The number of nitrogens with zero attached hydrogens (tertiary/aromatic N) is 2. The molecule has 0 unspecified atom stereocenters. The third kappa shape index (κ3) is 2.27. The maximum Gasteiger partial charge on any atom is 0.265 e. The van der Waals surface area contributed by atoms with Crippen LogP contribution in [0.4, 0.5) is 0 Å². The number of aromatic nitrogens is 2. The number of pyridine rings is 1. The number of hydrogen-bond donors (Lipinski definition) is 0. The highest BCUT2D eigenvalue weighted by molar-refractivity contribution is 5.93. The zero-order valence-corrected chi connectivity index (χ0v) is 9.27. The highest BCUT2D eigenvalue weighted by Crippen LogP contribution is 2.14. The van der Waals surface area contributed by atoms with E-state index in [1.807, 2.05) is 0 Å². The predicted octanol–water partition coefficient (Wildman–Crippen LogP) is 2.99. The highest BCUT2D eigenvalue weighted by Gasteiger charge is 2.13. The molecule has 0 saturated heterocycles. The molecule has 84 valence electrons. The summed E-state index contributed by atoms with van der Waals surface area (Å²) in [7, 11) is 0. The van der Waals surface area contributed by atoms with Crippen molar-refractivity contribution in [3.05, 3.63) is 24.2 Å². The van der Waals surface area contributed by atoms with Gasteiger partial charge in [0.2, 0.25) is 5.78 Å². The number of hydrogen-bond acceptors (Lipinski definition) is 4. The standard InChI is InChI=1S/C12H14N2O2/c1-2-3-4-6-9(15)12-14-11-10(16-12)7-5-8-13-11/h5,7-8H,2-4,6H2,1H3. The van der Waals surface area contributed by atoms with E-state index >= 15 is 0 Å². The maximum absolute atomic E-state index is 11.7. The summed E-state index contributed by atoms with van der Waals surface area (Å²) in [5, 5.41) is 0. The van der Waals surface area contributed by atoms with Gasteiger partial charge in [0.05, 0.1) is 0 Å². The van der Waals surface area contributed by atoms with Gasteiger partial charge in [-0.3, -0.25) is 4.79 Å². The number of Topliss-reactive ketones (excluding diaryl/α,β-unsaturated/α-hetero) is 1. The van der Waals surface area contributed by atoms with Crippen molar-refractivity contribution in [1.29, 1.82) is 0 Å². The predicted molar refractivity (Wildman–Crippen MR) is 60.3 cm³/mol. The van der Waals surface area contributed by atoms with Gasteiger partial charge < -0.3 is 4.42 Å². The summed E-state index contributed by atoms with van der Waals surface area (Å²) in [6.45, 7) is 2.10. The highest BCUT2D eigenvalue weighted by atomic mass is 16.4. The third-order valence-corrected chi connectivity index (χ3v) is 2.41. The van der Waals surface area contributed by atoms with Crippen LogP contribution in [0, 0.1) is 0 Å². The molecule has 0 radical (unpaired) electrons. The van der Waals surface area contributed by atoms with E-state index in [1.54, 1.807) is 18.3 Å². The molecule has 0 saturated carbocycles. The fraction of sp³-hybridized carbons (Fsp3) is 0.417. The largest absolute Gasteiger partial charge is 0.432 e. The van der Waals surface area contributed by atoms with Crippen molar-refractivity contribution >= 4 is 17.0 Å². The topological polar surface area (TPSA) is 56.0 Å². The molecule has 4 heteroatoms. The molecule has 0 amide bonds.